The normalized spacial score (nSPS) is 14.8. The zero-order valence-corrected chi connectivity index (χ0v) is 17.8. The molecule has 31 heavy (non-hydrogen) atoms. The molecule has 1 fully saturated rings. The number of halogens is 2. The SMILES string of the molecule is O=C(Nc1nc(-c2ccc(F)c(Cl)c2)cs1)C1CCN(c2ccc3nncn3n2)CC1. The highest BCUT2D eigenvalue weighted by atomic mass is 35.5. The van der Waals surface area contributed by atoms with Crippen LogP contribution in [-0.2, 0) is 4.79 Å². The minimum absolute atomic E-state index is 0.0418. The van der Waals surface area contributed by atoms with E-state index in [9.17, 15) is 9.18 Å². The average Bonchev–Trinajstić information content (AvgIpc) is 3.45. The van der Waals surface area contributed by atoms with Crippen molar-refractivity contribution < 1.29 is 9.18 Å². The summed E-state index contributed by atoms with van der Waals surface area (Å²) < 4.78 is 15.0. The van der Waals surface area contributed by atoms with E-state index < -0.39 is 5.82 Å². The van der Waals surface area contributed by atoms with E-state index in [0.717, 1.165) is 31.7 Å². The number of amides is 1. The summed E-state index contributed by atoms with van der Waals surface area (Å²) in [5, 5.41) is 17.6. The number of thiazole rings is 1. The highest BCUT2D eigenvalue weighted by Crippen LogP contribution is 2.29. The summed E-state index contributed by atoms with van der Waals surface area (Å²) >= 11 is 7.18. The maximum atomic E-state index is 13.4. The van der Waals surface area contributed by atoms with Crippen LogP contribution in [-0.4, -0.2) is 43.8 Å². The summed E-state index contributed by atoms with van der Waals surface area (Å²) in [7, 11) is 0. The first-order valence-electron chi connectivity index (χ1n) is 9.70. The van der Waals surface area contributed by atoms with Gasteiger partial charge in [0, 0.05) is 30.0 Å². The van der Waals surface area contributed by atoms with E-state index in [-0.39, 0.29) is 16.8 Å². The van der Waals surface area contributed by atoms with Gasteiger partial charge in [-0.15, -0.1) is 26.6 Å². The van der Waals surface area contributed by atoms with Crippen LogP contribution >= 0.6 is 22.9 Å². The summed E-state index contributed by atoms with van der Waals surface area (Å²) in [6.07, 6.45) is 3.01. The summed E-state index contributed by atoms with van der Waals surface area (Å²) in [4.78, 5) is 19.3. The van der Waals surface area contributed by atoms with Gasteiger partial charge in [0.25, 0.3) is 0 Å². The van der Waals surface area contributed by atoms with E-state index in [2.05, 4.69) is 30.5 Å². The predicted octanol–water partition coefficient (Wildman–Crippen LogP) is 3.90. The van der Waals surface area contributed by atoms with Crippen LogP contribution < -0.4 is 10.2 Å². The molecule has 0 radical (unpaired) electrons. The smallest absolute Gasteiger partial charge is 0.229 e. The molecule has 1 aromatic carbocycles. The first-order valence-corrected chi connectivity index (χ1v) is 11.0. The van der Waals surface area contributed by atoms with Gasteiger partial charge in [-0.25, -0.2) is 9.37 Å². The van der Waals surface area contributed by atoms with E-state index in [0.29, 0.717) is 22.0 Å². The maximum absolute atomic E-state index is 13.4. The highest BCUT2D eigenvalue weighted by Gasteiger charge is 2.26. The van der Waals surface area contributed by atoms with E-state index in [4.69, 9.17) is 11.6 Å². The van der Waals surface area contributed by atoms with Gasteiger partial charge in [0.15, 0.2) is 10.8 Å². The predicted molar refractivity (Wildman–Crippen MR) is 117 cm³/mol. The molecule has 3 aromatic heterocycles. The second-order valence-corrected chi connectivity index (χ2v) is 8.51. The van der Waals surface area contributed by atoms with E-state index >= 15 is 0 Å². The van der Waals surface area contributed by atoms with Crippen molar-refractivity contribution in [3.63, 3.8) is 0 Å². The molecular weight excluding hydrogens is 441 g/mol. The number of hydrogen-bond donors (Lipinski definition) is 1. The van der Waals surface area contributed by atoms with Gasteiger partial charge in [-0.1, -0.05) is 11.6 Å². The molecule has 4 heterocycles. The van der Waals surface area contributed by atoms with Crippen LogP contribution in [0.15, 0.2) is 42.0 Å². The van der Waals surface area contributed by atoms with Crippen LogP contribution in [0, 0.1) is 11.7 Å². The minimum atomic E-state index is -0.475. The van der Waals surface area contributed by atoms with Crippen LogP contribution in [0.25, 0.3) is 16.9 Å². The maximum Gasteiger partial charge on any atom is 0.229 e. The molecule has 8 nitrogen and oxygen atoms in total. The van der Waals surface area contributed by atoms with Crippen LogP contribution in [0.3, 0.4) is 0 Å². The van der Waals surface area contributed by atoms with Gasteiger partial charge >= 0.3 is 0 Å². The molecule has 0 spiro atoms. The van der Waals surface area contributed by atoms with Gasteiger partial charge < -0.3 is 10.2 Å². The number of nitrogens with zero attached hydrogens (tertiary/aromatic N) is 6. The van der Waals surface area contributed by atoms with Crippen LogP contribution in [0.1, 0.15) is 12.8 Å². The third-order valence-corrected chi connectivity index (χ3v) is 6.33. The lowest BCUT2D eigenvalue weighted by molar-refractivity contribution is -0.120. The second kappa shape index (κ2) is 8.20. The summed E-state index contributed by atoms with van der Waals surface area (Å²) in [5.41, 5.74) is 2.05. The van der Waals surface area contributed by atoms with Crippen molar-refractivity contribution in [2.75, 3.05) is 23.3 Å². The first kappa shape index (κ1) is 19.8. The highest BCUT2D eigenvalue weighted by molar-refractivity contribution is 7.14. The third kappa shape index (κ3) is 4.08. The number of benzene rings is 1. The van der Waals surface area contributed by atoms with E-state index in [1.807, 2.05) is 17.5 Å². The molecule has 158 valence electrons. The Bertz CT molecular complexity index is 1250. The topological polar surface area (TPSA) is 88.3 Å². The molecule has 1 amide bonds. The molecular formula is C20H17ClFN7OS. The number of piperidine rings is 1. The molecule has 0 unspecified atom stereocenters. The van der Waals surface area contributed by atoms with Gasteiger partial charge in [0.2, 0.25) is 5.91 Å². The van der Waals surface area contributed by atoms with Gasteiger partial charge in [-0.2, -0.15) is 4.52 Å². The monoisotopic (exact) mass is 457 g/mol. The molecule has 0 bridgehead atoms. The first-order chi connectivity index (χ1) is 15.1. The number of carbonyl (C=O) groups excluding carboxylic acids is 1. The third-order valence-electron chi connectivity index (χ3n) is 5.29. The number of hydrogen-bond acceptors (Lipinski definition) is 7. The van der Waals surface area contributed by atoms with Crippen molar-refractivity contribution in [3.8, 4) is 11.3 Å². The molecule has 1 aliphatic rings. The Hall–Kier alpha value is -3.11. The summed E-state index contributed by atoms with van der Waals surface area (Å²) in [6, 6.07) is 8.24. The van der Waals surface area contributed by atoms with Crippen molar-refractivity contribution in [1.82, 2.24) is 24.8 Å². The van der Waals surface area contributed by atoms with Crippen LogP contribution in [0.4, 0.5) is 15.3 Å². The van der Waals surface area contributed by atoms with Crippen molar-refractivity contribution in [1.29, 1.82) is 0 Å². The largest absolute Gasteiger partial charge is 0.355 e. The molecule has 1 N–H and O–H groups in total. The summed E-state index contributed by atoms with van der Waals surface area (Å²) in [5.74, 6) is 0.230. The van der Waals surface area contributed by atoms with Crippen molar-refractivity contribution in [2.24, 2.45) is 5.92 Å². The Morgan fingerprint density at radius 3 is 2.87 bits per heavy atom. The van der Waals surface area contributed by atoms with Gasteiger partial charge in [0.1, 0.15) is 18.0 Å². The second-order valence-electron chi connectivity index (χ2n) is 7.24. The Labute approximate surface area is 185 Å². The number of nitrogens with one attached hydrogen (secondary N) is 1. The minimum Gasteiger partial charge on any atom is -0.355 e. The Kier molecular flexibility index (Phi) is 5.24. The number of fused-ring (bicyclic) bond motifs is 1. The van der Waals surface area contributed by atoms with Crippen LogP contribution in [0.2, 0.25) is 5.02 Å². The molecule has 0 aliphatic carbocycles. The number of rotatable bonds is 4. The molecule has 1 saturated heterocycles. The Morgan fingerprint density at radius 1 is 1.23 bits per heavy atom. The van der Waals surface area contributed by atoms with Crippen molar-refractivity contribution in [2.45, 2.75) is 12.8 Å². The Balaban J connectivity index is 1.20. The number of anilines is 2. The molecule has 0 atom stereocenters. The lowest BCUT2D eigenvalue weighted by Crippen LogP contribution is -2.38. The lowest BCUT2D eigenvalue weighted by Gasteiger charge is -2.31. The fourth-order valence-corrected chi connectivity index (χ4v) is 4.49. The summed E-state index contributed by atoms with van der Waals surface area (Å²) in [6.45, 7) is 1.46. The Morgan fingerprint density at radius 2 is 2.06 bits per heavy atom. The number of carbonyl (C=O) groups is 1. The van der Waals surface area contributed by atoms with Gasteiger partial charge in [-0.3, -0.25) is 4.79 Å². The fraction of sp³-hybridized carbons (Fsp3) is 0.250. The van der Waals surface area contributed by atoms with E-state index in [1.165, 1.54) is 23.5 Å². The lowest BCUT2D eigenvalue weighted by atomic mass is 9.96. The van der Waals surface area contributed by atoms with Gasteiger partial charge in [0.05, 0.1) is 10.7 Å². The quantitative estimate of drug-likeness (QED) is 0.500. The average molecular weight is 458 g/mol. The van der Waals surface area contributed by atoms with Crippen molar-refractivity contribution in [3.05, 3.63) is 52.9 Å². The molecule has 5 rings (SSSR count). The molecule has 1 aliphatic heterocycles. The van der Waals surface area contributed by atoms with Crippen LogP contribution in [0.5, 0.6) is 0 Å². The molecule has 0 saturated carbocycles. The van der Waals surface area contributed by atoms with Gasteiger partial charge in [-0.05, 0) is 43.2 Å². The zero-order chi connectivity index (χ0) is 21.4. The zero-order valence-electron chi connectivity index (χ0n) is 16.2. The van der Waals surface area contributed by atoms with E-state index in [1.54, 1.807) is 16.9 Å². The molecule has 11 heteroatoms. The number of aromatic nitrogens is 5. The standard InChI is InChI=1S/C20H17ClFN7OS/c21-14-9-13(1-2-15(14)22)16-10-31-20(24-16)25-19(30)12-5-7-28(8-6-12)18-4-3-17-26-23-11-29(17)27-18/h1-4,9-12H,5-8H2,(H,24,25,30). The van der Waals surface area contributed by atoms with Crippen molar-refractivity contribution >= 4 is 45.4 Å². The fourth-order valence-electron chi connectivity index (χ4n) is 3.58. The molecule has 4 aromatic rings.